The molecule has 1 aliphatic heterocycles. The second-order valence-corrected chi connectivity index (χ2v) is 4.66. The molecule has 3 N–H and O–H groups in total. The Bertz CT molecular complexity index is 406. The number of nitrogen functional groups attached to an aromatic ring is 1. The largest absolute Gasteiger partial charge is 0.396 e. The molecule has 1 aromatic heterocycles. The first-order valence-corrected chi connectivity index (χ1v) is 5.85. The molecule has 0 saturated carbocycles. The van der Waals surface area contributed by atoms with E-state index >= 15 is 0 Å². The van der Waals surface area contributed by atoms with Gasteiger partial charge in [-0.15, -0.1) is 0 Å². The molecule has 6 nitrogen and oxygen atoms in total. The van der Waals surface area contributed by atoms with Crippen LogP contribution in [0.25, 0.3) is 0 Å². The van der Waals surface area contributed by atoms with Crippen LogP contribution in [0.1, 0.15) is 23.3 Å². The van der Waals surface area contributed by atoms with E-state index in [-0.39, 0.29) is 11.9 Å². The molecule has 1 aliphatic rings. The van der Waals surface area contributed by atoms with E-state index in [2.05, 4.69) is 22.4 Å². The third-order valence-corrected chi connectivity index (χ3v) is 3.13. The smallest absolute Gasteiger partial charge is 0.274 e. The summed E-state index contributed by atoms with van der Waals surface area (Å²) in [7, 11) is 3.84. The number of nitrogens with one attached hydrogen (secondary N) is 1. The summed E-state index contributed by atoms with van der Waals surface area (Å²) in [6.45, 7) is 2.03. The van der Waals surface area contributed by atoms with Crippen LogP contribution in [-0.4, -0.2) is 46.8 Å². The average Bonchev–Trinajstić information content (AvgIpc) is 2.61. The minimum absolute atomic E-state index is 0.169. The Hall–Kier alpha value is -1.56. The van der Waals surface area contributed by atoms with Crippen LogP contribution >= 0.6 is 0 Å². The Labute approximate surface area is 101 Å². The third kappa shape index (κ3) is 2.76. The van der Waals surface area contributed by atoms with Gasteiger partial charge in [0, 0.05) is 19.3 Å². The average molecular weight is 237 g/mol. The van der Waals surface area contributed by atoms with Crippen molar-refractivity contribution >= 4 is 11.6 Å². The second-order valence-electron chi connectivity index (χ2n) is 4.66. The van der Waals surface area contributed by atoms with Gasteiger partial charge in [-0.2, -0.15) is 5.10 Å². The summed E-state index contributed by atoms with van der Waals surface area (Å²) in [6, 6.07) is 0.236. The number of piperidine rings is 1. The number of hydrogen-bond acceptors (Lipinski definition) is 4. The molecular weight excluding hydrogens is 218 g/mol. The van der Waals surface area contributed by atoms with Crippen LogP contribution in [0.3, 0.4) is 0 Å². The monoisotopic (exact) mass is 237 g/mol. The normalized spacial score (nSPS) is 18.2. The van der Waals surface area contributed by atoms with E-state index in [0.29, 0.717) is 11.4 Å². The minimum atomic E-state index is -0.169. The molecule has 0 radical (unpaired) electrons. The predicted octanol–water partition coefficient (Wildman–Crippen LogP) is -0.174. The second kappa shape index (κ2) is 4.75. The van der Waals surface area contributed by atoms with Crippen molar-refractivity contribution in [1.82, 2.24) is 20.0 Å². The van der Waals surface area contributed by atoms with Crippen molar-refractivity contribution in [1.29, 1.82) is 0 Å². The molecule has 2 rings (SSSR count). The van der Waals surface area contributed by atoms with Crippen LogP contribution in [0.5, 0.6) is 0 Å². The van der Waals surface area contributed by atoms with Gasteiger partial charge in [-0.3, -0.25) is 9.48 Å². The fourth-order valence-corrected chi connectivity index (χ4v) is 2.09. The van der Waals surface area contributed by atoms with Crippen molar-refractivity contribution in [3.63, 3.8) is 0 Å². The van der Waals surface area contributed by atoms with Crippen molar-refractivity contribution in [2.75, 3.05) is 25.9 Å². The van der Waals surface area contributed by atoms with E-state index < -0.39 is 0 Å². The van der Waals surface area contributed by atoms with Crippen LogP contribution in [0.2, 0.25) is 0 Å². The van der Waals surface area contributed by atoms with Crippen LogP contribution < -0.4 is 11.1 Å². The quantitative estimate of drug-likeness (QED) is 0.748. The number of nitrogens with zero attached hydrogens (tertiary/aromatic N) is 3. The highest BCUT2D eigenvalue weighted by Crippen LogP contribution is 2.11. The Kier molecular flexibility index (Phi) is 3.33. The van der Waals surface area contributed by atoms with Gasteiger partial charge in [-0.05, 0) is 33.0 Å². The van der Waals surface area contributed by atoms with Crippen LogP contribution in [0.4, 0.5) is 5.69 Å². The molecule has 17 heavy (non-hydrogen) atoms. The van der Waals surface area contributed by atoms with E-state index in [1.165, 1.54) is 0 Å². The standard InChI is InChI=1S/C11H19N5O/c1-15-5-3-8(4-6-15)13-11(17)10-9(12)7-16(2)14-10/h7-8H,3-6,12H2,1-2H3,(H,13,17). The highest BCUT2D eigenvalue weighted by molar-refractivity contribution is 5.97. The summed E-state index contributed by atoms with van der Waals surface area (Å²) in [6.07, 6.45) is 3.60. The topological polar surface area (TPSA) is 76.2 Å². The first-order chi connectivity index (χ1) is 8.06. The first kappa shape index (κ1) is 11.9. The number of anilines is 1. The number of carbonyl (C=O) groups is 1. The molecular formula is C11H19N5O. The molecule has 94 valence electrons. The Balaban J connectivity index is 1.95. The number of carbonyl (C=O) groups excluding carboxylic acids is 1. The number of hydrogen-bond donors (Lipinski definition) is 2. The zero-order valence-corrected chi connectivity index (χ0v) is 10.3. The van der Waals surface area contributed by atoms with Crippen LogP contribution in [0.15, 0.2) is 6.20 Å². The van der Waals surface area contributed by atoms with E-state index in [0.717, 1.165) is 25.9 Å². The lowest BCUT2D eigenvalue weighted by molar-refractivity contribution is 0.0912. The van der Waals surface area contributed by atoms with Crippen molar-refractivity contribution in [3.8, 4) is 0 Å². The molecule has 0 bridgehead atoms. The minimum Gasteiger partial charge on any atom is -0.396 e. The van der Waals surface area contributed by atoms with Crippen molar-refractivity contribution in [2.45, 2.75) is 18.9 Å². The molecule has 1 amide bonds. The zero-order chi connectivity index (χ0) is 12.4. The summed E-state index contributed by atoms with van der Waals surface area (Å²) >= 11 is 0. The molecule has 0 atom stereocenters. The van der Waals surface area contributed by atoms with Gasteiger partial charge in [0.05, 0.1) is 5.69 Å². The molecule has 0 unspecified atom stereocenters. The number of rotatable bonds is 2. The Morgan fingerprint density at radius 3 is 2.65 bits per heavy atom. The first-order valence-electron chi connectivity index (χ1n) is 5.85. The Morgan fingerprint density at radius 1 is 1.47 bits per heavy atom. The molecule has 0 aromatic carbocycles. The summed E-state index contributed by atoms with van der Waals surface area (Å²) in [5.41, 5.74) is 6.47. The number of nitrogens with two attached hydrogens (primary N) is 1. The Morgan fingerprint density at radius 2 is 2.12 bits per heavy atom. The molecule has 0 aliphatic carbocycles. The van der Waals surface area contributed by atoms with E-state index in [1.807, 2.05) is 0 Å². The molecule has 1 saturated heterocycles. The summed E-state index contributed by atoms with van der Waals surface area (Å²) in [5, 5.41) is 7.05. The SMILES string of the molecule is CN1CCC(NC(=O)c2nn(C)cc2N)CC1. The van der Waals surface area contributed by atoms with Gasteiger partial charge in [-0.1, -0.05) is 0 Å². The van der Waals surface area contributed by atoms with Gasteiger partial charge in [0.2, 0.25) is 0 Å². The van der Waals surface area contributed by atoms with Crippen molar-refractivity contribution < 1.29 is 4.79 Å². The highest BCUT2D eigenvalue weighted by atomic mass is 16.2. The number of aryl methyl sites for hydroxylation is 1. The van der Waals surface area contributed by atoms with E-state index in [1.54, 1.807) is 17.9 Å². The molecule has 1 aromatic rings. The molecule has 0 spiro atoms. The number of likely N-dealkylation sites (tertiary alicyclic amines) is 1. The maximum Gasteiger partial charge on any atom is 0.274 e. The third-order valence-electron chi connectivity index (χ3n) is 3.13. The maximum absolute atomic E-state index is 11.9. The maximum atomic E-state index is 11.9. The fourth-order valence-electron chi connectivity index (χ4n) is 2.09. The lowest BCUT2D eigenvalue weighted by Gasteiger charge is -2.29. The zero-order valence-electron chi connectivity index (χ0n) is 10.3. The van der Waals surface area contributed by atoms with Gasteiger partial charge in [0.25, 0.3) is 5.91 Å². The van der Waals surface area contributed by atoms with Crippen molar-refractivity contribution in [3.05, 3.63) is 11.9 Å². The van der Waals surface area contributed by atoms with Gasteiger partial charge >= 0.3 is 0 Å². The van der Waals surface area contributed by atoms with E-state index in [9.17, 15) is 4.79 Å². The van der Waals surface area contributed by atoms with E-state index in [4.69, 9.17) is 5.73 Å². The summed E-state index contributed by atoms with van der Waals surface area (Å²) in [4.78, 5) is 14.2. The van der Waals surface area contributed by atoms with Gasteiger partial charge < -0.3 is 16.0 Å². The van der Waals surface area contributed by atoms with Crippen LogP contribution in [0, 0.1) is 0 Å². The summed E-state index contributed by atoms with van der Waals surface area (Å²) < 4.78 is 1.55. The number of aromatic nitrogens is 2. The van der Waals surface area contributed by atoms with Crippen molar-refractivity contribution in [2.24, 2.45) is 7.05 Å². The molecule has 2 heterocycles. The highest BCUT2D eigenvalue weighted by Gasteiger charge is 2.21. The lowest BCUT2D eigenvalue weighted by Crippen LogP contribution is -2.43. The summed E-state index contributed by atoms with van der Waals surface area (Å²) in [5.74, 6) is -0.169. The lowest BCUT2D eigenvalue weighted by atomic mass is 10.1. The van der Waals surface area contributed by atoms with Gasteiger partial charge in [-0.25, -0.2) is 0 Å². The number of amides is 1. The van der Waals surface area contributed by atoms with Gasteiger partial charge in [0.15, 0.2) is 5.69 Å². The predicted molar refractivity (Wildman–Crippen MR) is 65.6 cm³/mol. The molecule has 1 fully saturated rings. The molecule has 6 heteroatoms. The fraction of sp³-hybridized carbons (Fsp3) is 0.636. The van der Waals surface area contributed by atoms with Crippen LogP contribution in [-0.2, 0) is 7.05 Å². The van der Waals surface area contributed by atoms with Gasteiger partial charge in [0.1, 0.15) is 0 Å².